The van der Waals surface area contributed by atoms with E-state index in [1.807, 2.05) is 82.7 Å². The van der Waals surface area contributed by atoms with E-state index in [4.69, 9.17) is 9.47 Å². The number of carbonyl (C=O) groups excluding carboxylic acids is 4. The van der Waals surface area contributed by atoms with Crippen LogP contribution in [0.2, 0.25) is 0 Å². The van der Waals surface area contributed by atoms with Crippen LogP contribution in [0.25, 0.3) is 22.6 Å². The van der Waals surface area contributed by atoms with Crippen molar-refractivity contribution in [3.05, 3.63) is 95.9 Å². The van der Waals surface area contributed by atoms with E-state index in [1.165, 1.54) is 4.90 Å². The number of piperidine rings is 1. The highest BCUT2D eigenvalue weighted by Gasteiger charge is 2.45. The molecular weight excluding hydrogens is 817 g/mol. The van der Waals surface area contributed by atoms with Gasteiger partial charge in [-0.15, -0.1) is 0 Å². The monoisotopic (exact) mass is 874 g/mol. The van der Waals surface area contributed by atoms with E-state index in [0.29, 0.717) is 48.8 Å². The number of hydrogen-bond acceptors (Lipinski definition) is 11. The summed E-state index contributed by atoms with van der Waals surface area (Å²) in [5.41, 5.74) is 6.21. The van der Waals surface area contributed by atoms with Crippen LogP contribution in [0.5, 0.6) is 5.75 Å². The summed E-state index contributed by atoms with van der Waals surface area (Å²) in [4.78, 5) is 62.6. The van der Waals surface area contributed by atoms with E-state index >= 15 is 0 Å². The quantitative estimate of drug-likeness (QED) is 0.102. The lowest BCUT2D eigenvalue weighted by Gasteiger charge is -2.36. The van der Waals surface area contributed by atoms with Crippen LogP contribution in [0.1, 0.15) is 74.6 Å². The van der Waals surface area contributed by atoms with Crippen molar-refractivity contribution in [2.75, 3.05) is 43.6 Å². The largest absolute Gasteiger partial charge is 0.494 e. The van der Waals surface area contributed by atoms with Gasteiger partial charge in [0.15, 0.2) is 0 Å². The van der Waals surface area contributed by atoms with Crippen LogP contribution in [-0.2, 0) is 26.2 Å². The fraction of sp³-hybridized carbons (Fsp3) is 0.426. The third-order valence-electron chi connectivity index (χ3n) is 11.9. The Hall–Kier alpha value is -6.59. The Balaban J connectivity index is 0.903. The number of ether oxygens (including phenoxy) is 2. The molecule has 2 fully saturated rings. The van der Waals surface area contributed by atoms with Gasteiger partial charge in [-0.3, -0.25) is 29.0 Å². The second-order valence-corrected chi connectivity index (χ2v) is 17.6. The molecule has 0 saturated carbocycles. The van der Waals surface area contributed by atoms with Gasteiger partial charge in [0.05, 0.1) is 48.1 Å². The summed E-state index contributed by atoms with van der Waals surface area (Å²) >= 11 is 0. The minimum absolute atomic E-state index is 0.0240. The van der Waals surface area contributed by atoms with Gasteiger partial charge in [0, 0.05) is 62.8 Å². The standard InChI is InChI=1S/C47H58N10O7/c1-28-23-30(11-13-34(28)39-16-20-49-55(39)6)29(2)50-45(61)40-25-32(58)26-57(40)46(62)43(47(3,4)5)53-42(59)27-64-33-17-21-56(22-18-33)31-12-14-37(41(24-31)63-7)52-44(60)38-10-8-9-35(51-38)36-15-19-48-54-36/h8-16,19-20,23-24,29,32-33,40,43,58H,17-18,21-22,25-27H2,1-7H3,(H,48,54)(H,50,61)(H,52,60)(H,53,59)/t29-,32+,40-,43+/m0/s1. The SMILES string of the molecule is COc1cc(N2CCC(OCC(=O)N[C@H](C(=O)N3C[C@H](O)C[C@H]3C(=O)N[C@@H](C)c3ccc(-c4ccnn4C)c(C)c3)C(C)(C)C)CC2)ccc1NC(=O)c1cccc(-c2ccn[nH]2)n1. The summed E-state index contributed by atoms with van der Waals surface area (Å²) in [6, 6.07) is 18.3. The lowest BCUT2D eigenvalue weighted by molar-refractivity contribution is -0.145. The normalized spacial score (nSPS) is 17.8. The zero-order chi connectivity index (χ0) is 45.7. The lowest BCUT2D eigenvalue weighted by atomic mass is 9.85. The first-order valence-electron chi connectivity index (χ1n) is 21.6. The number of amides is 4. The van der Waals surface area contributed by atoms with Gasteiger partial charge < -0.3 is 40.3 Å². The molecule has 4 atom stereocenters. The third kappa shape index (κ3) is 10.4. The van der Waals surface area contributed by atoms with E-state index < -0.39 is 35.4 Å². The van der Waals surface area contributed by atoms with E-state index in [9.17, 15) is 24.3 Å². The molecule has 3 aromatic heterocycles. The number of anilines is 2. The predicted octanol–water partition coefficient (Wildman–Crippen LogP) is 4.80. The topological polar surface area (TPSA) is 209 Å². The van der Waals surface area contributed by atoms with Crippen molar-refractivity contribution in [1.29, 1.82) is 0 Å². The number of nitrogens with zero attached hydrogens (tertiary/aromatic N) is 6. The molecule has 0 radical (unpaired) electrons. The number of carbonyl (C=O) groups is 4. The molecule has 5 heterocycles. The minimum Gasteiger partial charge on any atom is -0.494 e. The highest BCUT2D eigenvalue weighted by atomic mass is 16.5. The van der Waals surface area contributed by atoms with Crippen LogP contribution in [0.4, 0.5) is 11.4 Å². The molecular formula is C47H58N10O7. The summed E-state index contributed by atoms with van der Waals surface area (Å²) in [6.07, 6.45) is 3.70. The molecule has 0 bridgehead atoms. The van der Waals surface area contributed by atoms with Crippen LogP contribution in [0.3, 0.4) is 0 Å². The van der Waals surface area contributed by atoms with Gasteiger partial charge in [-0.05, 0) is 79.6 Å². The highest BCUT2D eigenvalue weighted by Crippen LogP contribution is 2.33. The van der Waals surface area contributed by atoms with E-state index in [0.717, 1.165) is 28.1 Å². The number of H-pyrrole nitrogens is 1. The van der Waals surface area contributed by atoms with Crippen molar-refractivity contribution >= 4 is 35.0 Å². The zero-order valence-corrected chi connectivity index (χ0v) is 37.4. The van der Waals surface area contributed by atoms with Crippen molar-refractivity contribution in [3.63, 3.8) is 0 Å². The fourth-order valence-electron chi connectivity index (χ4n) is 8.35. The Morgan fingerprint density at radius 2 is 1.77 bits per heavy atom. The zero-order valence-electron chi connectivity index (χ0n) is 37.4. The molecule has 2 aromatic carbocycles. The molecule has 2 aliphatic heterocycles. The number of rotatable bonds is 14. The van der Waals surface area contributed by atoms with Crippen molar-refractivity contribution in [2.24, 2.45) is 12.5 Å². The maximum absolute atomic E-state index is 14.2. The Kier molecular flexibility index (Phi) is 13.8. The number of aromatic nitrogens is 5. The average Bonchev–Trinajstić information content (AvgIpc) is 4.07. The van der Waals surface area contributed by atoms with Crippen LogP contribution in [0.15, 0.2) is 79.1 Å². The van der Waals surface area contributed by atoms with Gasteiger partial charge in [-0.2, -0.15) is 10.2 Å². The van der Waals surface area contributed by atoms with Crippen LogP contribution < -0.4 is 25.6 Å². The molecule has 7 rings (SSSR count). The number of methoxy groups -OCH3 is 1. The second kappa shape index (κ2) is 19.4. The van der Waals surface area contributed by atoms with Crippen molar-refractivity contribution in [2.45, 2.75) is 84.2 Å². The molecule has 0 spiro atoms. The maximum Gasteiger partial charge on any atom is 0.274 e. The molecule has 4 amide bonds. The molecule has 17 nitrogen and oxygen atoms in total. The number of nitrogens with one attached hydrogen (secondary N) is 4. The van der Waals surface area contributed by atoms with Crippen LogP contribution >= 0.6 is 0 Å². The van der Waals surface area contributed by atoms with E-state index in [1.54, 1.807) is 49.8 Å². The Labute approximate surface area is 372 Å². The molecule has 2 aliphatic rings. The van der Waals surface area contributed by atoms with Gasteiger partial charge >= 0.3 is 0 Å². The maximum atomic E-state index is 14.2. The number of aliphatic hydroxyl groups excluding tert-OH is 1. The molecule has 5 N–H and O–H groups in total. The number of aromatic amines is 1. The summed E-state index contributed by atoms with van der Waals surface area (Å²) < 4.78 is 13.5. The highest BCUT2D eigenvalue weighted by molar-refractivity contribution is 6.04. The summed E-state index contributed by atoms with van der Waals surface area (Å²) in [5, 5.41) is 30.6. The molecule has 338 valence electrons. The lowest BCUT2D eigenvalue weighted by Crippen LogP contribution is -2.58. The molecule has 5 aromatic rings. The molecule has 17 heteroatoms. The first-order chi connectivity index (χ1) is 30.6. The summed E-state index contributed by atoms with van der Waals surface area (Å²) in [7, 11) is 3.44. The van der Waals surface area contributed by atoms with Crippen LogP contribution in [0, 0.1) is 12.3 Å². The van der Waals surface area contributed by atoms with Gasteiger partial charge in [0.25, 0.3) is 5.91 Å². The smallest absolute Gasteiger partial charge is 0.274 e. The Morgan fingerprint density at radius 1 is 0.984 bits per heavy atom. The number of hydrogen-bond donors (Lipinski definition) is 5. The molecule has 0 unspecified atom stereocenters. The molecule has 0 aliphatic carbocycles. The Bertz CT molecular complexity index is 2460. The van der Waals surface area contributed by atoms with E-state index in [2.05, 4.69) is 41.1 Å². The van der Waals surface area contributed by atoms with Gasteiger partial charge in [0.2, 0.25) is 17.7 Å². The van der Waals surface area contributed by atoms with Gasteiger partial charge in [-0.25, -0.2) is 4.98 Å². The van der Waals surface area contributed by atoms with Gasteiger partial charge in [0.1, 0.15) is 30.1 Å². The molecule has 64 heavy (non-hydrogen) atoms. The summed E-state index contributed by atoms with van der Waals surface area (Å²) in [6.45, 7) is 10.5. The van der Waals surface area contributed by atoms with Crippen molar-refractivity contribution in [1.82, 2.24) is 40.5 Å². The third-order valence-corrected chi connectivity index (χ3v) is 11.9. The van der Waals surface area contributed by atoms with Crippen molar-refractivity contribution in [3.8, 4) is 28.4 Å². The number of pyridine rings is 1. The first-order valence-corrected chi connectivity index (χ1v) is 21.6. The average molecular weight is 875 g/mol. The first kappa shape index (κ1) is 45.4. The minimum atomic E-state index is -0.975. The number of aliphatic hydroxyl groups is 1. The number of benzene rings is 2. The van der Waals surface area contributed by atoms with Crippen LogP contribution in [-0.4, -0.2) is 116 Å². The van der Waals surface area contributed by atoms with Gasteiger partial charge in [-0.1, -0.05) is 45.0 Å². The Morgan fingerprint density at radius 3 is 2.44 bits per heavy atom. The second-order valence-electron chi connectivity index (χ2n) is 17.6. The number of likely N-dealkylation sites (tertiary alicyclic amines) is 1. The summed E-state index contributed by atoms with van der Waals surface area (Å²) in [5.74, 6) is -1.14. The number of β-amino-alcohol motifs (C(OH)–C–C–N with tert-alkyl or cyclic N) is 1. The predicted molar refractivity (Wildman–Crippen MR) is 241 cm³/mol. The van der Waals surface area contributed by atoms with Crippen molar-refractivity contribution < 1.29 is 33.8 Å². The molecule has 2 saturated heterocycles. The number of aryl methyl sites for hydroxylation is 2. The fourth-order valence-corrected chi connectivity index (χ4v) is 8.35. The van der Waals surface area contributed by atoms with E-state index in [-0.39, 0.29) is 49.2 Å².